The lowest BCUT2D eigenvalue weighted by molar-refractivity contribution is -0.129. The Morgan fingerprint density at radius 3 is 3.00 bits per heavy atom. The zero-order valence-electron chi connectivity index (χ0n) is 10.5. The lowest BCUT2D eigenvalue weighted by Crippen LogP contribution is -2.36. The first-order chi connectivity index (χ1) is 8.70. The van der Waals surface area contributed by atoms with E-state index in [1.165, 1.54) is 0 Å². The van der Waals surface area contributed by atoms with Gasteiger partial charge in [0.05, 0.1) is 18.2 Å². The molecule has 0 bridgehead atoms. The van der Waals surface area contributed by atoms with Gasteiger partial charge in [-0.05, 0) is 30.5 Å². The standard InChI is InChI=1S/C14H17N3O/c1-17(13-5-6-13)14(18)10-16-9-12-4-2-3-11(7-12)8-15/h2-4,7,13,16H,5-6,9-10H2,1H3. The SMILES string of the molecule is CN(C(=O)CNCc1cccc(C#N)c1)C1CC1. The highest BCUT2D eigenvalue weighted by molar-refractivity contribution is 5.78. The summed E-state index contributed by atoms with van der Waals surface area (Å²) in [4.78, 5) is 13.6. The van der Waals surface area contributed by atoms with E-state index in [0.29, 0.717) is 24.7 Å². The molecule has 1 aliphatic rings. The summed E-state index contributed by atoms with van der Waals surface area (Å²) in [5.41, 5.74) is 1.67. The normalized spacial score (nSPS) is 14.0. The highest BCUT2D eigenvalue weighted by Gasteiger charge is 2.28. The number of hydrogen-bond donors (Lipinski definition) is 1. The van der Waals surface area contributed by atoms with Gasteiger partial charge in [0.15, 0.2) is 0 Å². The molecule has 0 heterocycles. The van der Waals surface area contributed by atoms with Crippen LogP contribution < -0.4 is 5.32 Å². The average Bonchev–Trinajstić information content (AvgIpc) is 3.22. The van der Waals surface area contributed by atoms with E-state index in [2.05, 4.69) is 11.4 Å². The number of nitrogens with zero attached hydrogens (tertiary/aromatic N) is 2. The Hall–Kier alpha value is -1.86. The first-order valence-corrected chi connectivity index (χ1v) is 6.16. The van der Waals surface area contributed by atoms with Crippen molar-refractivity contribution in [2.24, 2.45) is 0 Å². The predicted molar refractivity (Wildman–Crippen MR) is 68.7 cm³/mol. The molecule has 4 nitrogen and oxygen atoms in total. The van der Waals surface area contributed by atoms with Crippen LogP contribution in [0.1, 0.15) is 24.0 Å². The molecule has 18 heavy (non-hydrogen) atoms. The highest BCUT2D eigenvalue weighted by atomic mass is 16.2. The van der Waals surface area contributed by atoms with Crippen LogP contribution in [0.3, 0.4) is 0 Å². The van der Waals surface area contributed by atoms with Crippen molar-refractivity contribution in [3.05, 3.63) is 35.4 Å². The van der Waals surface area contributed by atoms with Crippen molar-refractivity contribution < 1.29 is 4.79 Å². The predicted octanol–water partition coefficient (Wildman–Crippen LogP) is 1.27. The topological polar surface area (TPSA) is 56.1 Å². The van der Waals surface area contributed by atoms with Crippen molar-refractivity contribution >= 4 is 5.91 Å². The van der Waals surface area contributed by atoms with Crippen molar-refractivity contribution in [3.8, 4) is 6.07 Å². The second-order valence-corrected chi connectivity index (χ2v) is 4.65. The van der Waals surface area contributed by atoms with E-state index in [1.807, 2.05) is 30.1 Å². The van der Waals surface area contributed by atoms with Crippen molar-refractivity contribution in [3.63, 3.8) is 0 Å². The second-order valence-electron chi connectivity index (χ2n) is 4.65. The summed E-state index contributed by atoms with van der Waals surface area (Å²) in [7, 11) is 1.86. The number of nitrogens with one attached hydrogen (secondary N) is 1. The molecule has 1 aliphatic carbocycles. The van der Waals surface area contributed by atoms with Crippen molar-refractivity contribution in [2.45, 2.75) is 25.4 Å². The number of amides is 1. The van der Waals surface area contributed by atoms with E-state index in [9.17, 15) is 4.79 Å². The smallest absolute Gasteiger partial charge is 0.236 e. The molecule has 0 atom stereocenters. The Morgan fingerprint density at radius 1 is 1.56 bits per heavy atom. The molecule has 0 radical (unpaired) electrons. The fourth-order valence-corrected chi connectivity index (χ4v) is 1.85. The summed E-state index contributed by atoms with van der Waals surface area (Å²) in [6.45, 7) is 0.962. The summed E-state index contributed by atoms with van der Waals surface area (Å²) >= 11 is 0. The van der Waals surface area contributed by atoms with E-state index < -0.39 is 0 Å². The van der Waals surface area contributed by atoms with E-state index in [1.54, 1.807) is 6.07 Å². The van der Waals surface area contributed by atoms with Gasteiger partial charge in [-0.25, -0.2) is 0 Å². The molecular formula is C14H17N3O. The molecule has 1 fully saturated rings. The third-order valence-corrected chi connectivity index (χ3v) is 3.15. The third kappa shape index (κ3) is 3.31. The number of nitriles is 1. The third-order valence-electron chi connectivity index (χ3n) is 3.15. The number of hydrogen-bond acceptors (Lipinski definition) is 3. The maximum Gasteiger partial charge on any atom is 0.236 e. The van der Waals surface area contributed by atoms with Gasteiger partial charge >= 0.3 is 0 Å². The average molecular weight is 243 g/mol. The molecule has 1 amide bonds. The van der Waals surface area contributed by atoms with Crippen LogP contribution >= 0.6 is 0 Å². The molecule has 1 aromatic carbocycles. The summed E-state index contributed by atoms with van der Waals surface area (Å²) in [5, 5.41) is 11.9. The van der Waals surface area contributed by atoms with E-state index in [-0.39, 0.29) is 5.91 Å². The van der Waals surface area contributed by atoms with Crippen LogP contribution in [0.15, 0.2) is 24.3 Å². The van der Waals surface area contributed by atoms with Crippen molar-refractivity contribution in [1.29, 1.82) is 5.26 Å². The monoisotopic (exact) mass is 243 g/mol. The fourth-order valence-electron chi connectivity index (χ4n) is 1.85. The molecule has 2 rings (SSSR count). The number of likely N-dealkylation sites (N-methyl/N-ethyl adjacent to an activating group) is 1. The van der Waals surface area contributed by atoms with E-state index >= 15 is 0 Å². The quantitative estimate of drug-likeness (QED) is 0.847. The van der Waals surface area contributed by atoms with E-state index in [0.717, 1.165) is 18.4 Å². The maximum atomic E-state index is 11.7. The molecule has 94 valence electrons. The van der Waals surface area contributed by atoms with Gasteiger partial charge in [0.1, 0.15) is 0 Å². The first-order valence-electron chi connectivity index (χ1n) is 6.16. The van der Waals surface area contributed by atoms with E-state index in [4.69, 9.17) is 5.26 Å². The summed E-state index contributed by atoms with van der Waals surface area (Å²) in [6.07, 6.45) is 2.26. The molecule has 1 aromatic rings. The Balaban J connectivity index is 1.77. The maximum absolute atomic E-state index is 11.7. The summed E-state index contributed by atoms with van der Waals surface area (Å²) < 4.78 is 0. The van der Waals surface area contributed by atoms with Crippen LogP contribution in [-0.4, -0.2) is 30.4 Å². The van der Waals surface area contributed by atoms with Gasteiger partial charge in [0, 0.05) is 19.6 Å². The molecular weight excluding hydrogens is 226 g/mol. The zero-order chi connectivity index (χ0) is 13.0. The van der Waals surface area contributed by atoms with Crippen LogP contribution in [0.4, 0.5) is 0 Å². The molecule has 1 N–H and O–H groups in total. The number of carbonyl (C=O) groups excluding carboxylic acids is 1. The van der Waals surface area contributed by atoms with Gasteiger partial charge in [0.2, 0.25) is 5.91 Å². The minimum Gasteiger partial charge on any atom is -0.342 e. The van der Waals surface area contributed by atoms with Crippen LogP contribution in [0.2, 0.25) is 0 Å². The Kier molecular flexibility index (Phi) is 3.96. The molecule has 0 spiro atoms. The molecule has 0 saturated heterocycles. The summed E-state index contributed by atoms with van der Waals surface area (Å²) in [5.74, 6) is 0.133. The highest BCUT2D eigenvalue weighted by Crippen LogP contribution is 2.25. The lowest BCUT2D eigenvalue weighted by atomic mass is 10.1. The first kappa shape index (κ1) is 12.6. The van der Waals surface area contributed by atoms with Gasteiger partial charge in [-0.3, -0.25) is 4.79 Å². The minimum absolute atomic E-state index is 0.133. The minimum atomic E-state index is 0.133. The summed E-state index contributed by atoms with van der Waals surface area (Å²) in [6, 6.07) is 9.98. The Labute approximate surface area is 107 Å². The molecule has 4 heteroatoms. The molecule has 0 unspecified atom stereocenters. The van der Waals surface area contributed by atoms with Crippen LogP contribution in [0.5, 0.6) is 0 Å². The van der Waals surface area contributed by atoms with Crippen LogP contribution in [0, 0.1) is 11.3 Å². The number of rotatable bonds is 5. The Morgan fingerprint density at radius 2 is 2.33 bits per heavy atom. The molecule has 0 aliphatic heterocycles. The van der Waals surface area contributed by atoms with Gasteiger partial charge in [-0.1, -0.05) is 12.1 Å². The van der Waals surface area contributed by atoms with Crippen LogP contribution in [0.25, 0.3) is 0 Å². The fraction of sp³-hybridized carbons (Fsp3) is 0.429. The zero-order valence-corrected chi connectivity index (χ0v) is 10.5. The number of carbonyl (C=O) groups is 1. The largest absolute Gasteiger partial charge is 0.342 e. The van der Waals surface area contributed by atoms with Gasteiger partial charge < -0.3 is 10.2 Å². The van der Waals surface area contributed by atoms with Crippen molar-refractivity contribution in [1.82, 2.24) is 10.2 Å². The van der Waals surface area contributed by atoms with Crippen molar-refractivity contribution in [2.75, 3.05) is 13.6 Å². The lowest BCUT2D eigenvalue weighted by Gasteiger charge is -2.16. The molecule has 0 aromatic heterocycles. The van der Waals surface area contributed by atoms with Gasteiger partial charge in [-0.2, -0.15) is 5.26 Å². The second kappa shape index (κ2) is 5.65. The number of benzene rings is 1. The van der Waals surface area contributed by atoms with Gasteiger partial charge in [-0.15, -0.1) is 0 Å². The van der Waals surface area contributed by atoms with Crippen LogP contribution in [-0.2, 0) is 11.3 Å². The van der Waals surface area contributed by atoms with Gasteiger partial charge in [0.25, 0.3) is 0 Å². The Bertz CT molecular complexity index is 474. The molecule has 1 saturated carbocycles.